The van der Waals surface area contributed by atoms with Gasteiger partial charge in [0, 0.05) is 5.69 Å². The molecule has 1 amide bonds. The zero-order chi connectivity index (χ0) is 15.9. The lowest BCUT2D eigenvalue weighted by atomic mass is 10.1. The molecule has 0 spiro atoms. The Morgan fingerprint density at radius 1 is 1.14 bits per heavy atom. The van der Waals surface area contributed by atoms with Crippen LogP contribution in [0.3, 0.4) is 0 Å². The number of aryl methyl sites for hydroxylation is 2. The molecule has 0 aromatic heterocycles. The van der Waals surface area contributed by atoms with E-state index in [9.17, 15) is 4.79 Å². The first kappa shape index (κ1) is 16.1. The van der Waals surface area contributed by atoms with Crippen LogP contribution in [0.4, 0.5) is 5.69 Å². The van der Waals surface area contributed by atoms with Gasteiger partial charge in [-0.25, -0.2) is 0 Å². The molecule has 1 atom stereocenters. The van der Waals surface area contributed by atoms with Gasteiger partial charge in [-0.2, -0.15) is 0 Å². The molecular weight excluding hydrogens is 274 g/mol. The van der Waals surface area contributed by atoms with Crippen molar-refractivity contribution in [2.45, 2.75) is 39.7 Å². The SMILES string of the molecule is CCc1ccc(NC(=O)C(CC)Oc2cccc(C)c2)cc1. The van der Waals surface area contributed by atoms with Gasteiger partial charge in [0.15, 0.2) is 6.10 Å². The second kappa shape index (κ2) is 7.64. The van der Waals surface area contributed by atoms with E-state index in [1.54, 1.807) is 0 Å². The minimum Gasteiger partial charge on any atom is -0.481 e. The first-order chi connectivity index (χ1) is 10.6. The van der Waals surface area contributed by atoms with Crippen LogP contribution >= 0.6 is 0 Å². The Labute approximate surface area is 132 Å². The summed E-state index contributed by atoms with van der Waals surface area (Å²) in [6.45, 7) is 6.06. The summed E-state index contributed by atoms with van der Waals surface area (Å²) in [6, 6.07) is 15.6. The molecule has 0 radical (unpaired) electrons. The van der Waals surface area contributed by atoms with Crippen molar-refractivity contribution in [1.29, 1.82) is 0 Å². The molecule has 0 saturated carbocycles. The first-order valence-electron chi connectivity index (χ1n) is 7.75. The molecule has 0 heterocycles. The molecule has 2 rings (SSSR count). The van der Waals surface area contributed by atoms with E-state index < -0.39 is 6.10 Å². The second-order valence-electron chi connectivity index (χ2n) is 5.37. The Kier molecular flexibility index (Phi) is 5.59. The molecule has 22 heavy (non-hydrogen) atoms. The van der Waals surface area contributed by atoms with E-state index >= 15 is 0 Å². The highest BCUT2D eigenvalue weighted by Gasteiger charge is 2.18. The summed E-state index contributed by atoms with van der Waals surface area (Å²) in [4.78, 5) is 12.4. The molecule has 0 bridgehead atoms. The van der Waals surface area contributed by atoms with Gasteiger partial charge in [-0.15, -0.1) is 0 Å². The average molecular weight is 297 g/mol. The van der Waals surface area contributed by atoms with Crippen molar-refractivity contribution < 1.29 is 9.53 Å². The number of anilines is 1. The molecule has 116 valence electrons. The first-order valence-corrected chi connectivity index (χ1v) is 7.75. The maximum atomic E-state index is 12.4. The Balaban J connectivity index is 2.01. The standard InChI is InChI=1S/C19H23NO2/c1-4-15-9-11-16(12-10-15)20-19(21)18(5-2)22-17-8-6-7-14(3)13-17/h6-13,18H,4-5H2,1-3H3,(H,20,21). The number of hydrogen-bond donors (Lipinski definition) is 1. The summed E-state index contributed by atoms with van der Waals surface area (Å²) in [5.74, 6) is 0.608. The molecule has 3 nitrogen and oxygen atoms in total. The van der Waals surface area contributed by atoms with Crippen molar-refractivity contribution in [3.05, 3.63) is 59.7 Å². The third-order valence-electron chi connectivity index (χ3n) is 3.56. The fourth-order valence-corrected chi connectivity index (χ4v) is 2.22. The fraction of sp³-hybridized carbons (Fsp3) is 0.316. The molecule has 1 unspecified atom stereocenters. The van der Waals surface area contributed by atoms with Gasteiger partial charge in [0.1, 0.15) is 5.75 Å². The van der Waals surface area contributed by atoms with E-state index in [2.05, 4.69) is 12.2 Å². The molecule has 0 saturated heterocycles. The molecule has 3 heteroatoms. The lowest BCUT2D eigenvalue weighted by Gasteiger charge is -2.17. The van der Waals surface area contributed by atoms with E-state index in [1.807, 2.05) is 62.4 Å². The van der Waals surface area contributed by atoms with Crippen molar-refractivity contribution in [3.63, 3.8) is 0 Å². The molecule has 0 aliphatic rings. The molecule has 0 fully saturated rings. The van der Waals surface area contributed by atoms with Gasteiger partial charge < -0.3 is 10.1 Å². The number of nitrogens with one attached hydrogen (secondary N) is 1. The van der Waals surface area contributed by atoms with Gasteiger partial charge in [-0.1, -0.05) is 38.1 Å². The highest BCUT2D eigenvalue weighted by Crippen LogP contribution is 2.17. The Morgan fingerprint density at radius 3 is 2.45 bits per heavy atom. The summed E-state index contributed by atoms with van der Waals surface area (Å²) in [7, 11) is 0. The average Bonchev–Trinajstić information content (AvgIpc) is 2.53. The van der Waals surface area contributed by atoms with Crippen LogP contribution in [0.1, 0.15) is 31.4 Å². The van der Waals surface area contributed by atoms with Crippen molar-refractivity contribution in [2.24, 2.45) is 0 Å². The van der Waals surface area contributed by atoms with Crippen molar-refractivity contribution in [2.75, 3.05) is 5.32 Å². The third-order valence-corrected chi connectivity index (χ3v) is 3.56. The Morgan fingerprint density at radius 2 is 1.86 bits per heavy atom. The van der Waals surface area contributed by atoms with Crippen LogP contribution in [0, 0.1) is 6.92 Å². The van der Waals surface area contributed by atoms with E-state index in [0.717, 1.165) is 23.4 Å². The predicted molar refractivity (Wildman–Crippen MR) is 90.3 cm³/mol. The predicted octanol–water partition coefficient (Wildman–Crippen LogP) is 4.35. The number of carbonyl (C=O) groups excluding carboxylic acids is 1. The number of hydrogen-bond acceptors (Lipinski definition) is 2. The fourth-order valence-electron chi connectivity index (χ4n) is 2.22. The van der Waals surface area contributed by atoms with Gasteiger partial charge in [0.05, 0.1) is 0 Å². The quantitative estimate of drug-likeness (QED) is 0.860. The molecule has 1 N–H and O–H groups in total. The summed E-state index contributed by atoms with van der Waals surface area (Å²) in [6.07, 6.45) is 1.11. The van der Waals surface area contributed by atoms with Gasteiger partial charge in [0.25, 0.3) is 5.91 Å². The maximum Gasteiger partial charge on any atom is 0.265 e. The van der Waals surface area contributed by atoms with Crippen LogP contribution in [0.15, 0.2) is 48.5 Å². The number of carbonyl (C=O) groups is 1. The molecule has 0 aliphatic carbocycles. The van der Waals surface area contributed by atoms with Crippen LogP contribution in [0.2, 0.25) is 0 Å². The van der Waals surface area contributed by atoms with Crippen molar-refractivity contribution >= 4 is 11.6 Å². The zero-order valence-corrected chi connectivity index (χ0v) is 13.4. The monoisotopic (exact) mass is 297 g/mol. The summed E-state index contributed by atoms with van der Waals surface area (Å²) >= 11 is 0. The van der Waals surface area contributed by atoms with Gasteiger partial charge in [-0.05, 0) is 55.2 Å². The lowest BCUT2D eigenvalue weighted by molar-refractivity contribution is -0.122. The number of ether oxygens (including phenoxy) is 1. The van der Waals surface area contributed by atoms with Crippen LogP contribution in [-0.2, 0) is 11.2 Å². The number of rotatable bonds is 6. The lowest BCUT2D eigenvalue weighted by Crippen LogP contribution is -2.32. The van der Waals surface area contributed by atoms with E-state index in [-0.39, 0.29) is 5.91 Å². The molecule has 0 aliphatic heterocycles. The van der Waals surface area contributed by atoms with Crippen LogP contribution in [0.25, 0.3) is 0 Å². The van der Waals surface area contributed by atoms with Gasteiger partial charge >= 0.3 is 0 Å². The zero-order valence-electron chi connectivity index (χ0n) is 13.4. The molecule has 2 aromatic carbocycles. The number of amides is 1. The minimum atomic E-state index is -0.493. The third kappa shape index (κ3) is 4.35. The highest BCUT2D eigenvalue weighted by atomic mass is 16.5. The molecular formula is C19H23NO2. The van der Waals surface area contributed by atoms with Crippen LogP contribution in [-0.4, -0.2) is 12.0 Å². The van der Waals surface area contributed by atoms with E-state index in [0.29, 0.717) is 6.42 Å². The maximum absolute atomic E-state index is 12.4. The van der Waals surface area contributed by atoms with Crippen molar-refractivity contribution in [3.8, 4) is 5.75 Å². The van der Waals surface area contributed by atoms with Gasteiger partial charge in [0.2, 0.25) is 0 Å². The summed E-state index contributed by atoms with van der Waals surface area (Å²) < 4.78 is 5.81. The number of benzene rings is 2. The summed E-state index contributed by atoms with van der Waals surface area (Å²) in [5.41, 5.74) is 3.16. The van der Waals surface area contributed by atoms with E-state index in [1.165, 1.54) is 5.56 Å². The Bertz CT molecular complexity index is 620. The van der Waals surface area contributed by atoms with Crippen LogP contribution < -0.4 is 10.1 Å². The smallest absolute Gasteiger partial charge is 0.265 e. The topological polar surface area (TPSA) is 38.3 Å². The second-order valence-corrected chi connectivity index (χ2v) is 5.37. The normalized spacial score (nSPS) is 11.8. The summed E-state index contributed by atoms with van der Waals surface area (Å²) in [5, 5.41) is 2.92. The van der Waals surface area contributed by atoms with Crippen molar-refractivity contribution in [1.82, 2.24) is 0 Å². The molecule has 2 aromatic rings. The largest absolute Gasteiger partial charge is 0.481 e. The highest BCUT2D eigenvalue weighted by molar-refractivity contribution is 5.94. The van der Waals surface area contributed by atoms with E-state index in [4.69, 9.17) is 4.74 Å². The Hall–Kier alpha value is -2.29. The van der Waals surface area contributed by atoms with Crippen LogP contribution in [0.5, 0.6) is 5.75 Å². The van der Waals surface area contributed by atoms with Gasteiger partial charge in [-0.3, -0.25) is 4.79 Å². The minimum absolute atomic E-state index is 0.117.